The molecule has 1 atom stereocenters. The Morgan fingerprint density at radius 1 is 1.21 bits per heavy atom. The summed E-state index contributed by atoms with van der Waals surface area (Å²) in [5.41, 5.74) is 0.731. The molecule has 4 aromatic rings. The lowest BCUT2D eigenvalue weighted by Gasteiger charge is -2.24. The maximum absolute atomic E-state index is 13.4. The van der Waals surface area contributed by atoms with Crippen molar-refractivity contribution in [3.63, 3.8) is 0 Å². The second-order valence-electron chi connectivity index (χ2n) is 9.56. The van der Waals surface area contributed by atoms with E-state index in [0.29, 0.717) is 32.9 Å². The predicted molar refractivity (Wildman–Crippen MR) is 145 cm³/mol. The van der Waals surface area contributed by atoms with Crippen LogP contribution < -0.4 is 10.3 Å². The largest absolute Gasteiger partial charge is 0.476 e. The molecule has 0 saturated heterocycles. The number of hydrogen-bond donors (Lipinski definition) is 0. The Hall–Kier alpha value is -3.52. The van der Waals surface area contributed by atoms with Crippen LogP contribution in [0.1, 0.15) is 37.6 Å². The van der Waals surface area contributed by atoms with Crippen LogP contribution in [0.25, 0.3) is 11.0 Å². The highest BCUT2D eigenvalue weighted by atomic mass is 35.5. The molecule has 4 rings (SSSR count). The molecular weight excluding hydrogens is 545 g/mol. The van der Waals surface area contributed by atoms with Gasteiger partial charge < -0.3 is 9.30 Å². The van der Waals surface area contributed by atoms with Crippen LogP contribution in [0.5, 0.6) is 11.5 Å². The van der Waals surface area contributed by atoms with Gasteiger partial charge in [-0.25, -0.2) is 14.2 Å². The van der Waals surface area contributed by atoms with Crippen molar-refractivity contribution in [3.05, 3.63) is 81.0 Å². The molecule has 11 nitrogen and oxygen atoms in total. The summed E-state index contributed by atoms with van der Waals surface area (Å²) < 4.78 is 37.7. The molecular formula is C26H27ClN5O6P. The van der Waals surface area contributed by atoms with Crippen molar-refractivity contribution in [1.82, 2.24) is 19.3 Å². The first-order valence-corrected chi connectivity index (χ1v) is 13.7. The number of pyridine rings is 2. The molecule has 3 aromatic heterocycles. The highest BCUT2D eigenvalue weighted by molar-refractivity contribution is 7.48. The SMILES string of the molecule is COP(=O)(OCn1nc(Cn2ccc(C)c(Oc3cc(Cl)cc(C#N)c3)c2=O)c2cccnc21)OC(C)(C)C. The normalized spacial score (nSPS) is 13.3. The summed E-state index contributed by atoms with van der Waals surface area (Å²) in [6, 6.07) is 11.9. The molecule has 13 heteroatoms. The number of fused-ring (bicyclic) bond motifs is 1. The summed E-state index contributed by atoms with van der Waals surface area (Å²) in [7, 11) is -2.63. The zero-order valence-electron chi connectivity index (χ0n) is 22.0. The maximum atomic E-state index is 13.4. The standard InChI is InChI=1S/C26H27ClN5O6P/c1-17-8-10-31(25(33)23(17)37-20-12-18(14-28)11-19(27)13-20)15-22-21-7-6-9-29-24(21)32(30-22)16-36-39(34,35-5)38-26(2,3)4/h6-13H,15-16H2,1-5H3. The number of nitriles is 1. The van der Waals surface area contributed by atoms with E-state index in [-0.39, 0.29) is 24.8 Å². The Bertz CT molecular complexity index is 1670. The van der Waals surface area contributed by atoms with E-state index in [1.807, 2.05) is 12.1 Å². The van der Waals surface area contributed by atoms with Gasteiger partial charge in [-0.05, 0) is 69.7 Å². The van der Waals surface area contributed by atoms with Gasteiger partial charge >= 0.3 is 7.82 Å². The molecule has 39 heavy (non-hydrogen) atoms. The van der Waals surface area contributed by atoms with Gasteiger partial charge in [0.2, 0.25) is 0 Å². The maximum Gasteiger partial charge on any atom is 0.476 e. The van der Waals surface area contributed by atoms with Gasteiger partial charge in [0.15, 0.2) is 18.1 Å². The summed E-state index contributed by atoms with van der Waals surface area (Å²) >= 11 is 6.09. The Labute approximate surface area is 230 Å². The van der Waals surface area contributed by atoms with Gasteiger partial charge in [-0.3, -0.25) is 18.4 Å². The summed E-state index contributed by atoms with van der Waals surface area (Å²) in [5, 5.41) is 14.8. The molecule has 0 amide bonds. The number of phosphoric ester groups is 1. The third-order valence-corrected chi connectivity index (χ3v) is 7.26. The number of aromatic nitrogens is 4. The van der Waals surface area contributed by atoms with Crippen LogP contribution in [-0.2, 0) is 31.4 Å². The van der Waals surface area contributed by atoms with Crippen molar-refractivity contribution in [2.45, 2.75) is 46.6 Å². The van der Waals surface area contributed by atoms with Crippen molar-refractivity contribution in [2.24, 2.45) is 0 Å². The molecule has 1 aromatic carbocycles. The van der Waals surface area contributed by atoms with Crippen LogP contribution in [-0.4, -0.2) is 32.0 Å². The first kappa shape index (κ1) is 28.5. The van der Waals surface area contributed by atoms with Crippen LogP contribution in [0.15, 0.2) is 53.6 Å². The van der Waals surface area contributed by atoms with Crippen molar-refractivity contribution in [1.29, 1.82) is 5.26 Å². The first-order valence-electron chi connectivity index (χ1n) is 11.8. The minimum absolute atomic E-state index is 0.0874. The molecule has 1 unspecified atom stereocenters. The van der Waals surface area contributed by atoms with Crippen molar-refractivity contribution in [3.8, 4) is 17.6 Å². The van der Waals surface area contributed by atoms with E-state index in [9.17, 15) is 14.6 Å². The molecule has 0 saturated carbocycles. The monoisotopic (exact) mass is 571 g/mol. The number of halogens is 1. The number of hydrogen-bond acceptors (Lipinski definition) is 9. The lowest BCUT2D eigenvalue weighted by molar-refractivity contribution is 0.0378. The minimum Gasteiger partial charge on any atom is -0.451 e. The third kappa shape index (κ3) is 6.74. The van der Waals surface area contributed by atoms with E-state index >= 15 is 0 Å². The highest BCUT2D eigenvalue weighted by Crippen LogP contribution is 2.52. The molecule has 0 aliphatic heterocycles. The second-order valence-corrected chi connectivity index (χ2v) is 11.7. The Morgan fingerprint density at radius 3 is 2.67 bits per heavy atom. The van der Waals surface area contributed by atoms with Gasteiger partial charge in [0.05, 0.1) is 29.5 Å². The fraction of sp³-hybridized carbons (Fsp3) is 0.308. The third-order valence-electron chi connectivity index (χ3n) is 5.39. The fourth-order valence-electron chi connectivity index (χ4n) is 3.72. The molecule has 0 bridgehead atoms. The Balaban J connectivity index is 1.65. The van der Waals surface area contributed by atoms with Gasteiger partial charge in [0.25, 0.3) is 5.56 Å². The van der Waals surface area contributed by atoms with Crippen molar-refractivity contribution in [2.75, 3.05) is 7.11 Å². The van der Waals surface area contributed by atoms with E-state index in [0.717, 1.165) is 0 Å². The lowest BCUT2D eigenvalue weighted by Crippen LogP contribution is -2.22. The lowest BCUT2D eigenvalue weighted by atomic mass is 10.2. The summed E-state index contributed by atoms with van der Waals surface area (Å²) in [6.07, 6.45) is 3.23. The number of ether oxygens (including phenoxy) is 1. The summed E-state index contributed by atoms with van der Waals surface area (Å²) in [5.74, 6) is 0.363. The molecule has 0 radical (unpaired) electrons. The smallest absolute Gasteiger partial charge is 0.451 e. The van der Waals surface area contributed by atoms with E-state index in [4.69, 9.17) is 29.9 Å². The average Bonchev–Trinajstić information content (AvgIpc) is 3.23. The predicted octanol–water partition coefficient (Wildman–Crippen LogP) is 5.81. The van der Waals surface area contributed by atoms with E-state index in [1.165, 1.54) is 34.6 Å². The molecule has 0 aliphatic carbocycles. The molecule has 0 N–H and O–H groups in total. The molecule has 3 heterocycles. The van der Waals surface area contributed by atoms with E-state index < -0.39 is 19.0 Å². The Kier molecular flexibility index (Phi) is 8.25. The zero-order chi connectivity index (χ0) is 28.4. The molecule has 0 aliphatic rings. The number of rotatable bonds is 9. The van der Waals surface area contributed by atoms with E-state index in [1.54, 1.807) is 52.2 Å². The van der Waals surface area contributed by atoms with Crippen molar-refractivity contribution >= 4 is 30.5 Å². The fourth-order valence-corrected chi connectivity index (χ4v) is 5.10. The van der Waals surface area contributed by atoms with Crippen LogP contribution in [0.2, 0.25) is 5.02 Å². The summed E-state index contributed by atoms with van der Waals surface area (Å²) in [6.45, 7) is 6.77. The summed E-state index contributed by atoms with van der Waals surface area (Å²) in [4.78, 5) is 17.8. The van der Waals surface area contributed by atoms with Crippen LogP contribution in [0, 0.1) is 18.3 Å². The topological polar surface area (TPSA) is 130 Å². The van der Waals surface area contributed by atoms with Crippen molar-refractivity contribution < 1.29 is 22.9 Å². The number of phosphoric acid groups is 1. The minimum atomic E-state index is -3.88. The van der Waals surface area contributed by atoms with Crippen LogP contribution in [0.4, 0.5) is 0 Å². The molecule has 0 fully saturated rings. The van der Waals surface area contributed by atoms with Crippen LogP contribution >= 0.6 is 19.4 Å². The van der Waals surface area contributed by atoms with Gasteiger partial charge in [-0.2, -0.15) is 10.4 Å². The Morgan fingerprint density at radius 2 is 1.97 bits per heavy atom. The van der Waals surface area contributed by atoms with Crippen LogP contribution in [0.3, 0.4) is 0 Å². The van der Waals surface area contributed by atoms with Gasteiger partial charge in [-0.1, -0.05) is 11.6 Å². The number of benzene rings is 1. The first-order chi connectivity index (χ1) is 18.4. The molecule has 0 spiro atoms. The molecule has 204 valence electrons. The second kappa shape index (κ2) is 11.3. The van der Waals surface area contributed by atoms with Gasteiger partial charge in [0.1, 0.15) is 5.75 Å². The van der Waals surface area contributed by atoms with Gasteiger partial charge in [0, 0.05) is 29.9 Å². The van der Waals surface area contributed by atoms with E-state index in [2.05, 4.69) is 10.1 Å². The quantitative estimate of drug-likeness (QED) is 0.228. The highest BCUT2D eigenvalue weighted by Gasteiger charge is 2.32. The van der Waals surface area contributed by atoms with Gasteiger partial charge in [-0.15, -0.1) is 0 Å². The number of aryl methyl sites for hydroxylation is 1. The average molecular weight is 572 g/mol. The zero-order valence-corrected chi connectivity index (χ0v) is 23.7. The number of nitrogens with zero attached hydrogens (tertiary/aromatic N) is 5.